The van der Waals surface area contributed by atoms with E-state index in [4.69, 9.17) is 4.42 Å². The fourth-order valence-corrected chi connectivity index (χ4v) is 2.28. The number of rotatable bonds is 8. The second kappa shape index (κ2) is 7.84. The van der Waals surface area contributed by atoms with Crippen LogP contribution in [0.3, 0.4) is 0 Å². The molecule has 0 aliphatic heterocycles. The number of nitrogens with one attached hydrogen (secondary N) is 1. The first-order valence-corrected chi connectivity index (χ1v) is 7.62. The summed E-state index contributed by atoms with van der Waals surface area (Å²) in [5.41, 5.74) is 1.23. The highest BCUT2D eigenvalue weighted by atomic mass is 16.3. The van der Waals surface area contributed by atoms with Crippen molar-refractivity contribution in [2.75, 3.05) is 18.0 Å². The Morgan fingerprint density at radius 1 is 1.29 bits per heavy atom. The molecule has 0 saturated heterocycles. The van der Waals surface area contributed by atoms with Crippen molar-refractivity contribution in [3.63, 3.8) is 0 Å². The predicted molar refractivity (Wildman–Crippen MR) is 86.2 cm³/mol. The van der Waals surface area contributed by atoms with Crippen LogP contribution in [0.5, 0.6) is 0 Å². The van der Waals surface area contributed by atoms with Crippen LogP contribution in [-0.2, 0) is 13.1 Å². The van der Waals surface area contributed by atoms with Gasteiger partial charge >= 0.3 is 0 Å². The molecule has 21 heavy (non-hydrogen) atoms. The third-order valence-electron chi connectivity index (χ3n) is 3.34. The van der Waals surface area contributed by atoms with Gasteiger partial charge in [0.2, 0.25) is 0 Å². The molecule has 4 nitrogen and oxygen atoms in total. The van der Waals surface area contributed by atoms with Crippen LogP contribution in [0, 0.1) is 5.92 Å². The van der Waals surface area contributed by atoms with Gasteiger partial charge in [0.15, 0.2) is 0 Å². The van der Waals surface area contributed by atoms with E-state index in [9.17, 15) is 0 Å². The second-order valence-corrected chi connectivity index (χ2v) is 5.60. The summed E-state index contributed by atoms with van der Waals surface area (Å²) in [5, 5.41) is 3.49. The molecule has 0 fully saturated rings. The average molecular weight is 287 g/mol. The minimum absolute atomic E-state index is 0.649. The van der Waals surface area contributed by atoms with Crippen LogP contribution in [0.4, 0.5) is 5.82 Å². The number of hydrogen-bond acceptors (Lipinski definition) is 4. The van der Waals surface area contributed by atoms with Gasteiger partial charge < -0.3 is 14.6 Å². The van der Waals surface area contributed by atoms with Crippen molar-refractivity contribution < 1.29 is 4.42 Å². The first-order valence-electron chi connectivity index (χ1n) is 7.62. The molecule has 0 aliphatic carbocycles. The van der Waals surface area contributed by atoms with Crippen LogP contribution in [0.25, 0.3) is 0 Å². The molecule has 2 rings (SSSR count). The summed E-state index contributed by atoms with van der Waals surface area (Å²) in [7, 11) is 0. The second-order valence-electron chi connectivity index (χ2n) is 5.60. The Bertz CT molecular complexity index is 523. The van der Waals surface area contributed by atoms with Gasteiger partial charge in [-0.1, -0.05) is 19.9 Å². The number of aromatic nitrogens is 1. The van der Waals surface area contributed by atoms with Crippen molar-refractivity contribution in [3.05, 3.63) is 48.0 Å². The summed E-state index contributed by atoms with van der Waals surface area (Å²) < 4.78 is 5.45. The highest BCUT2D eigenvalue weighted by molar-refractivity contribution is 5.46. The molecule has 0 atom stereocenters. The third-order valence-corrected chi connectivity index (χ3v) is 3.34. The molecule has 4 heteroatoms. The topological polar surface area (TPSA) is 41.3 Å². The largest absolute Gasteiger partial charge is 0.467 e. The van der Waals surface area contributed by atoms with Crippen LogP contribution in [-0.4, -0.2) is 18.1 Å². The van der Waals surface area contributed by atoms with E-state index in [1.807, 2.05) is 24.4 Å². The van der Waals surface area contributed by atoms with E-state index in [1.54, 1.807) is 6.26 Å². The van der Waals surface area contributed by atoms with E-state index in [1.165, 1.54) is 5.56 Å². The van der Waals surface area contributed by atoms with Crippen LogP contribution >= 0.6 is 0 Å². The Balaban J connectivity index is 2.09. The van der Waals surface area contributed by atoms with Gasteiger partial charge in [-0.2, -0.15) is 0 Å². The lowest BCUT2D eigenvalue weighted by molar-refractivity contribution is 0.502. The highest BCUT2D eigenvalue weighted by Crippen LogP contribution is 2.19. The molecule has 0 aromatic carbocycles. The molecule has 0 aliphatic rings. The Morgan fingerprint density at radius 3 is 2.81 bits per heavy atom. The summed E-state index contributed by atoms with van der Waals surface area (Å²) in [5.74, 6) is 2.65. The van der Waals surface area contributed by atoms with Gasteiger partial charge in [0.05, 0.1) is 12.8 Å². The highest BCUT2D eigenvalue weighted by Gasteiger charge is 2.12. The molecule has 0 unspecified atom stereocenters. The summed E-state index contributed by atoms with van der Waals surface area (Å²) in [6.45, 7) is 10.1. The Hall–Kier alpha value is -1.81. The monoisotopic (exact) mass is 287 g/mol. The summed E-state index contributed by atoms with van der Waals surface area (Å²) >= 11 is 0. The molecule has 0 spiro atoms. The van der Waals surface area contributed by atoms with Gasteiger partial charge in [-0.15, -0.1) is 0 Å². The molecule has 2 aromatic heterocycles. The quantitative estimate of drug-likeness (QED) is 0.807. The summed E-state index contributed by atoms with van der Waals surface area (Å²) in [6, 6.07) is 8.06. The van der Waals surface area contributed by atoms with Crippen molar-refractivity contribution in [3.8, 4) is 0 Å². The lowest BCUT2D eigenvalue weighted by Crippen LogP contribution is -2.26. The Labute approximate surface area is 127 Å². The number of pyridine rings is 1. The number of furan rings is 1. The molecular weight excluding hydrogens is 262 g/mol. The molecular formula is C17H25N3O. The molecule has 0 saturated carbocycles. The Morgan fingerprint density at radius 2 is 2.14 bits per heavy atom. The van der Waals surface area contributed by atoms with Crippen molar-refractivity contribution in [1.29, 1.82) is 0 Å². The molecule has 0 bridgehead atoms. The average Bonchev–Trinajstić information content (AvgIpc) is 2.98. The lowest BCUT2D eigenvalue weighted by atomic mass is 10.2. The van der Waals surface area contributed by atoms with Gasteiger partial charge in [0.25, 0.3) is 0 Å². The van der Waals surface area contributed by atoms with Crippen LogP contribution in [0.1, 0.15) is 32.1 Å². The zero-order valence-electron chi connectivity index (χ0n) is 13.2. The van der Waals surface area contributed by atoms with E-state index < -0.39 is 0 Å². The molecule has 2 aromatic rings. The van der Waals surface area contributed by atoms with Gasteiger partial charge in [-0.3, -0.25) is 0 Å². The fraction of sp³-hybridized carbons (Fsp3) is 0.471. The Kier molecular flexibility index (Phi) is 5.81. The smallest absolute Gasteiger partial charge is 0.133 e. The first-order chi connectivity index (χ1) is 10.2. The maximum atomic E-state index is 5.45. The summed E-state index contributed by atoms with van der Waals surface area (Å²) in [6.07, 6.45) is 3.57. The van der Waals surface area contributed by atoms with Crippen molar-refractivity contribution >= 4 is 5.82 Å². The molecule has 2 heterocycles. The van der Waals surface area contributed by atoms with Crippen molar-refractivity contribution in [1.82, 2.24) is 10.3 Å². The van der Waals surface area contributed by atoms with Crippen LogP contribution in [0.2, 0.25) is 0 Å². The van der Waals surface area contributed by atoms with Gasteiger partial charge in [-0.05, 0) is 37.6 Å². The number of nitrogens with zero attached hydrogens (tertiary/aromatic N) is 2. The van der Waals surface area contributed by atoms with Gasteiger partial charge in [-0.25, -0.2) is 4.98 Å². The number of hydrogen-bond donors (Lipinski definition) is 1. The first kappa shape index (κ1) is 15.6. The zero-order valence-corrected chi connectivity index (χ0v) is 13.2. The predicted octanol–water partition coefficient (Wildman–Crippen LogP) is 3.45. The van der Waals surface area contributed by atoms with Crippen LogP contribution < -0.4 is 10.2 Å². The minimum atomic E-state index is 0.649. The maximum Gasteiger partial charge on any atom is 0.133 e. The zero-order chi connectivity index (χ0) is 15.1. The summed E-state index contributed by atoms with van der Waals surface area (Å²) in [4.78, 5) is 6.81. The normalized spacial score (nSPS) is 11.0. The SMILES string of the molecule is CCN(Cc1ccco1)c1ncccc1CNCC(C)C. The molecule has 1 N–H and O–H groups in total. The van der Waals surface area contributed by atoms with Gasteiger partial charge in [0.1, 0.15) is 11.6 Å². The van der Waals surface area contributed by atoms with E-state index in [0.29, 0.717) is 5.92 Å². The van der Waals surface area contributed by atoms with Crippen molar-refractivity contribution in [2.45, 2.75) is 33.9 Å². The third kappa shape index (κ3) is 4.60. The lowest BCUT2D eigenvalue weighted by Gasteiger charge is -2.23. The standard InChI is InChI=1S/C17H25N3O/c1-4-20(13-16-8-6-10-21-16)17-15(7-5-9-19-17)12-18-11-14(2)3/h5-10,14,18H,4,11-13H2,1-3H3. The fourth-order valence-electron chi connectivity index (χ4n) is 2.28. The molecule has 0 radical (unpaired) electrons. The molecule has 0 amide bonds. The maximum absolute atomic E-state index is 5.45. The molecule has 114 valence electrons. The van der Waals surface area contributed by atoms with Gasteiger partial charge in [0, 0.05) is 24.8 Å². The minimum Gasteiger partial charge on any atom is -0.467 e. The number of anilines is 1. The van der Waals surface area contributed by atoms with E-state index >= 15 is 0 Å². The van der Waals surface area contributed by atoms with E-state index in [0.717, 1.165) is 37.8 Å². The van der Waals surface area contributed by atoms with E-state index in [2.05, 4.69) is 42.0 Å². The van der Waals surface area contributed by atoms with E-state index in [-0.39, 0.29) is 0 Å². The van der Waals surface area contributed by atoms with Crippen LogP contribution in [0.15, 0.2) is 41.1 Å². The van der Waals surface area contributed by atoms with Crippen molar-refractivity contribution in [2.24, 2.45) is 5.92 Å².